The van der Waals surface area contributed by atoms with Crippen molar-refractivity contribution in [1.29, 1.82) is 0 Å². The molecule has 1 amide bonds. The SMILES string of the molecule is COc1cnc(CSc2nccc(C)n2)cc1OCC(=O)Nc1ccccc1F. The molecule has 0 saturated carbocycles. The minimum Gasteiger partial charge on any atom is -0.491 e. The summed E-state index contributed by atoms with van der Waals surface area (Å²) >= 11 is 1.44. The van der Waals surface area contributed by atoms with Crippen LogP contribution < -0.4 is 14.8 Å². The molecule has 3 aromatic rings. The Morgan fingerprint density at radius 1 is 1.21 bits per heavy atom. The van der Waals surface area contributed by atoms with Gasteiger partial charge in [-0.2, -0.15) is 0 Å². The Bertz CT molecular complexity index is 1000. The van der Waals surface area contributed by atoms with Crippen molar-refractivity contribution < 1.29 is 18.7 Å². The molecule has 150 valence electrons. The number of hydrogen-bond donors (Lipinski definition) is 1. The van der Waals surface area contributed by atoms with E-state index in [2.05, 4.69) is 20.3 Å². The van der Waals surface area contributed by atoms with Crippen molar-refractivity contribution in [2.75, 3.05) is 19.0 Å². The molecule has 7 nitrogen and oxygen atoms in total. The normalized spacial score (nSPS) is 10.4. The average Bonchev–Trinajstić information content (AvgIpc) is 2.72. The highest BCUT2D eigenvalue weighted by Crippen LogP contribution is 2.29. The smallest absolute Gasteiger partial charge is 0.262 e. The van der Waals surface area contributed by atoms with Gasteiger partial charge in [-0.1, -0.05) is 23.9 Å². The van der Waals surface area contributed by atoms with Gasteiger partial charge >= 0.3 is 0 Å². The van der Waals surface area contributed by atoms with Gasteiger partial charge < -0.3 is 14.8 Å². The van der Waals surface area contributed by atoms with E-state index >= 15 is 0 Å². The van der Waals surface area contributed by atoms with Crippen LogP contribution in [0, 0.1) is 12.7 Å². The van der Waals surface area contributed by atoms with E-state index in [9.17, 15) is 9.18 Å². The van der Waals surface area contributed by atoms with Crippen molar-refractivity contribution in [1.82, 2.24) is 15.0 Å². The Morgan fingerprint density at radius 3 is 2.79 bits per heavy atom. The lowest BCUT2D eigenvalue weighted by molar-refractivity contribution is -0.118. The maximum Gasteiger partial charge on any atom is 0.262 e. The third-order valence-electron chi connectivity index (χ3n) is 3.74. The molecule has 0 bridgehead atoms. The molecular weight excluding hydrogens is 395 g/mol. The zero-order chi connectivity index (χ0) is 20.6. The summed E-state index contributed by atoms with van der Waals surface area (Å²) in [6.07, 6.45) is 3.23. The highest BCUT2D eigenvalue weighted by Gasteiger charge is 2.12. The Balaban J connectivity index is 1.62. The molecule has 0 fully saturated rings. The molecule has 9 heteroatoms. The first kappa shape index (κ1) is 20.5. The Morgan fingerprint density at radius 2 is 2.03 bits per heavy atom. The third-order valence-corrected chi connectivity index (χ3v) is 4.63. The highest BCUT2D eigenvalue weighted by molar-refractivity contribution is 7.98. The second kappa shape index (κ2) is 9.83. The summed E-state index contributed by atoms with van der Waals surface area (Å²) in [5.74, 6) is 0.278. The molecular formula is C20H19FN4O3S. The highest BCUT2D eigenvalue weighted by atomic mass is 32.2. The number of rotatable bonds is 8. The minimum atomic E-state index is -0.514. The number of hydrogen-bond acceptors (Lipinski definition) is 7. The molecule has 29 heavy (non-hydrogen) atoms. The van der Waals surface area contributed by atoms with Crippen LogP contribution in [0.4, 0.5) is 10.1 Å². The maximum atomic E-state index is 13.6. The molecule has 1 aromatic carbocycles. The van der Waals surface area contributed by atoms with Crippen LogP contribution in [0.2, 0.25) is 0 Å². The number of thioether (sulfide) groups is 1. The van der Waals surface area contributed by atoms with E-state index in [-0.39, 0.29) is 12.3 Å². The number of nitrogens with one attached hydrogen (secondary N) is 1. The molecule has 2 aromatic heterocycles. The van der Waals surface area contributed by atoms with Gasteiger partial charge in [0.15, 0.2) is 23.3 Å². The summed E-state index contributed by atoms with van der Waals surface area (Å²) in [6, 6.07) is 9.44. The van der Waals surface area contributed by atoms with Gasteiger partial charge in [-0.25, -0.2) is 14.4 Å². The fraction of sp³-hybridized carbons (Fsp3) is 0.200. The number of carbonyl (C=O) groups excluding carboxylic acids is 1. The molecule has 2 heterocycles. The van der Waals surface area contributed by atoms with E-state index in [0.717, 1.165) is 5.69 Å². The third kappa shape index (κ3) is 5.89. The largest absolute Gasteiger partial charge is 0.491 e. The quantitative estimate of drug-likeness (QED) is 0.445. The number of halogens is 1. The number of carbonyl (C=O) groups is 1. The van der Waals surface area contributed by atoms with E-state index in [1.807, 2.05) is 13.0 Å². The first-order valence-corrected chi connectivity index (χ1v) is 9.66. The van der Waals surface area contributed by atoms with E-state index in [1.165, 1.54) is 37.2 Å². The molecule has 0 unspecified atom stereocenters. The standard InChI is InChI=1S/C20H19FN4O3S/c1-13-7-8-22-20(24-13)29-12-14-9-17(18(27-2)10-23-14)28-11-19(26)25-16-6-4-3-5-15(16)21/h3-10H,11-12H2,1-2H3,(H,25,26). The summed E-state index contributed by atoms with van der Waals surface area (Å²) < 4.78 is 24.4. The van der Waals surface area contributed by atoms with Crippen LogP contribution in [0.25, 0.3) is 0 Å². The zero-order valence-electron chi connectivity index (χ0n) is 15.9. The summed E-state index contributed by atoms with van der Waals surface area (Å²) in [7, 11) is 1.48. The van der Waals surface area contributed by atoms with Crippen molar-refractivity contribution in [3.05, 3.63) is 66.0 Å². The van der Waals surface area contributed by atoms with Crippen LogP contribution in [-0.2, 0) is 10.5 Å². The second-order valence-electron chi connectivity index (χ2n) is 5.91. The van der Waals surface area contributed by atoms with Crippen LogP contribution in [0.15, 0.2) is 53.9 Å². The van der Waals surface area contributed by atoms with E-state index in [1.54, 1.807) is 24.4 Å². The van der Waals surface area contributed by atoms with Gasteiger partial charge in [0.25, 0.3) is 5.91 Å². The Hall–Kier alpha value is -3.20. The van der Waals surface area contributed by atoms with Crippen molar-refractivity contribution >= 4 is 23.4 Å². The van der Waals surface area contributed by atoms with Crippen molar-refractivity contribution in [2.24, 2.45) is 0 Å². The van der Waals surface area contributed by atoms with Crippen LogP contribution >= 0.6 is 11.8 Å². The van der Waals surface area contributed by atoms with Gasteiger partial charge in [-0.3, -0.25) is 9.78 Å². The number of aryl methyl sites for hydroxylation is 1. The lowest BCUT2D eigenvalue weighted by Crippen LogP contribution is -2.21. The summed E-state index contributed by atoms with van der Waals surface area (Å²) in [5.41, 5.74) is 1.69. The number of aromatic nitrogens is 3. The number of nitrogens with zero attached hydrogens (tertiary/aromatic N) is 3. The maximum absolute atomic E-state index is 13.6. The molecule has 0 spiro atoms. The average molecular weight is 414 g/mol. The molecule has 0 radical (unpaired) electrons. The fourth-order valence-corrected chi connectivity index (χ4v) is 3.11. The Kier molecular flexibility index (Phi) is 6.96. The van der Waals surface area contributed by atoms with Gasteiger partial charge in [0.1, 0.15) is 5.82 Å². The molecule has 0 aliphatic rings. The summed E-state index contributed by atoms with van der Waals surface area (Å²) in [5, 5.41) is 3.12. The van der Waals surface area contributed by atoms with Crippen LogP contribution in [0.5, 0.6) is 11.5 Å². The number of methoxy groups -OCH3 is 1. The zero-order valence-corrected chi connectivity index (χ0v) is 16.7. The minimum absolute atomic E-state index is 0.0954. The topological polar surface area (TPSA) is 86.2 Å². The number of benzene rings is 1. The molecule has 3 rings (SSSR count). The van der Waals surface area contributed by atoms with Crippen molar-refractivity contribution in [3.8, 4) is 11.5 Å². The van der Waals surface area contributed by atoms with Gasteiger partial charge in [0.2, 0.25) is 0 Å². The molecule has 0 atom stereocenters. The van der Waals surface area contributed by atoms with E-state index in [4.69, 9.17) is 9.47 Å². The molecule has 1 N–H and O–H groups in total. The van der Waals surface area contributed by atoms with Gasteiger partial charge in [0.05, 0.1) is 24.7 Å². The monoisotopic (exact) mass is 414 g/mol. The first-order chi connectivity index (χ1) is 14.0. The number of ether oxygens (including phenoxy) is 2. The second-order valence-corrected chi connectivity index (χ2v) is 6.85. The number of anilines is 1. The molecule has 0 saturated heterocycles. The first-order valence-electron chi connectivity index (χ1n) is 8.67. The van der Waals surface area contributed by atoms with E-state index < -0.39 is 11.7 Å². The van der Waals surface area contributed by atoms with Gasteiger partial charge in [-0.15, -0.1) is 0 Å². The van der Waals surface area contributed by atoms with Crippen molar-refractivity contribution in [3.63, 3.8) is 0 Å². The van der Waals surface area contributed by atoms with Crippen LogP contribution in [0.3, 0.4) is 0 Å². The fourth-order valence-electron chi connectivity index (χ4n) is 2.34. The van der Waals surface area contributed by atoms with E-state index in [0.29, 0.717) is 28.1 Å². The lowest BCUT2D eigenvalue weighted by atomic mass is 10.3. The van der Waals surface area contributed by atoms with Crippen LogP contribution in [-0.4, -0.2) is 34.6 Å². The molecule has 0 aliphatic heterocycles. The van der Waals surface area contributed by atoms with Crippen molar-refractivity contribution in [2.45, 2.75) is 17.8 Å². The Labute approximate surface area is 171 Å². The predicted octanol–water partition coefficient (Wildman–Crippen LogP) is 3.64. The van der Waals surface area contributed by atoms with Gasteiger partial charge in [-0.05, 0) is 25.1 Å². The summed E-state index contributed by atoms with van der Waals surface area (Å²) in [4.78, 5) is 24.9. The van der Waals surface area contributed by atoms with Crippen LogP contribution in [0.1, 0.15) is 11.4 Å². The number of pyridine rings is 1. The number of para-hydroxylation sites is 1. The lowest BCUT2D eigenvalue weighted by Gasteiger charge is -2.12. The molecule has 0 aliphatic carbocycles. The summed E-state index contributed by atoms with van der Waals surface area (Å²) in [6.45, 7) is 1.60. The van der Waals surface area contributed by atoms with Gasteiger partial charge in [0, 0.05) is 23.7 Å². The predicted molar refractivity (Wildman–Crippen MR) is 108 cm³/mol. The number of amides is 1.